The molecule has 1 aliphatic carbocycles. The average molecular weight is 265 g/mol. The highest BCUT2D eigenvalue weighted by Gasteiger charge is 2.27. The third kappa shape index (κ3) is 6.62. The van der Waals surface area contributed by atoms with Gasteiger partial charge in [-0.1, -0.05) is 26.2 Å². The quantitative estimate of drug-likeness (QED) is 0.736. The molecule has 0 aliphatic heterocycles. The Balaban J connectivity index is 2.17. The zero-order valence-corrected chi connectivity index (χ0v) is 11.5. The second-order valence-corrected chi connectivity index (χ2v) is 5.71. The van der Waals surface area contributed by atoms with Crippen molar-refractivity contribution in [3.63, 3.8) is 0 Å². The molecule has 3 unspecified atom stereocenters. The van der Waals surface area contributed by atoms with Crippen LogP contribution in [0.2, 0.25) is 0 Å². The van der Waals surface area contributed by atoms with Crippen molar-refractivity contribution in [2.24, 2.45) is 5.92 Å². The molecule has 0 spiro atoms. The molecule has 0 bridgehead atoms. The molecule has 4 heteroatoms. The summed E-state index contributed by atoms with van der Waals surface area (Å²) in [5, 5.41) is 3.50. The second kappa shape index (κ2) is 7.37. The molecule has 18 heavy (non-hydrogen) atoms. The maximum absolute atomic E-state index is 12.0. The van der Waals surface area contributed by atoms with Crippen molar-refractivity contribution in [2.75, 3.05) is 0 Å². The summed E-state index contributed by atoms with van der Waals surface area (Å²) in [5.41, 5.74) is 0. The van der Waals surface area contributed by atoms with Gasteiger partial charge in [-0.15, -0.1) is 0 Å². The summed E-state index contributed by atoms with van der Waals surface area (Å²) in [5.74, 6) is 0.804. The number of halogens is 3. The van der Waals surface area contributed by atoms with Crippen LogP contribution in [-0.4, -0.2) is 18.3 Å². The van der Waals surface area contributed by atoms with Crippen LogP contribution in [-0.2, 0) is 0 Å². The Morgan fingerprint density at radius 2 is 2.00 bits per heavy atom. The van der Waals surface area contributed by atoms with Crippen molar-refractivity contribution >= 4 is 0 Å². The van der Waals surface area contributed by atoms with Crippen LogP contribution in [0.5, 0.6) is 0 Å². The van der Waals surface area contributed by atoms with Gasteiger partial charge in [-0.05, 0) is 38.5 Å². The van der Waals surface area contributed by atoms with E-state index in [1.165, 1.54) is 32.1 Å². The molecule has 1 rings (SSSR count). The van der Waals surface area contributed by atoms with Gasteiger partial charge in [0.25, 0.3) is 0 Å². The Morgan fingerprint density at radius 3 is 2.61 bits per heavy atom. The van der Waals surface area contributed by atoms with E-state index in [1.54, 1.807) is 0 Å². The number of hydrogen-bond acceptors (Lipinski definition) is 1. The third-order valence-electron chi connectivity index (χ3n) is 3.98. The van der Waals surface area contributed by atoms with E-state index in [1.807, 2.05) is 6.92 Å². The molecule has 1 fully saturated rings. The van der Waals surface area contributed by atoms with Crippen LogP contribution in [0.25, 0.3) is 0 Å². The van der Waals surface area contributed by atoms with E-state index in [-0.39, 0.29) is 12.5 Å². The maximum Gasteiger partial charge on any atom is 0.389 e. The zero-order chi connectivity index (χ0) is 13.6. The Morgan fingerprint density at radius 1 is 1.28 bits per heavy atom. The lowest BCUT2D eigenvalue weighted by molar-refractivity contribution is -0.135. The van der Waals surface area contributed by atoms with Gasteiger partial charge in [0.05, 0.1) is 0 Å². The van der Waals surface area contributed by atoms with E-state index in [0.717, 1.165) is 5.92 Å². The molecular formula is C14H26F3N. The van der Waals surface area contributed by atoms with Crippen LogP contribution in [0.15, 0.2) is 0 Å². The van der Waals surface area contributed by atoms with E-state index in [4.69, 9.17) is 0 Å². The lowest BCUT2D eigenvalue weighted by atomic mass is 9.84. The third-order valence-corrected chi connectivity index (χ3v) is 3.98. The topological polar surface area (TPSA) is 12.0 Å². The Kier molecular flexibility index (Phi) is 6.47. The van der Waals surface area contributed by atoms with E-state index in [0.29, 0.717) is 12.5 Å². The van der Waals surface area contributed by atoms with E-state index < -0.39 is 12.6 Å². The van der Waals surface area contributed by atoms with Gasteiger partial charge in [0, 0.05) is 18.5 Å². The van der Waals surface area contributed by atoms with Gasteiger partial charge in [0.15, 0.2) is 0 Å². The molecule has 0 aromatic carbocycles. The minimum absolute atomic E-state index is 0.202. The molecule has 0 heterocycles. The maximum atomic E-state index is 12.0. The summed E-state index contributed by atoms with van der Waals surface area (Å²) in [6.07, 6.45) is 2.37. The average Bonchev–Trinajstić information content (AvgIpc) is 2.27. The fourth-order valence-electron chi connectivity index (χ4n) is 2.91. The lowest BCUT2D eigenvalue weighted by Crippen LogP contribution is -2.39. The van der Waals surface area contributed by atoms with Gasteiger partial charge < -0.3 is 5.32 Å². The molecular weight excluding hydrogens is 239 g/mol. The molecule has 0 radical (unpaired) electrons. The summed E-state index contributed by atoms with van der Waals surface area (Å²) in [7, 11) is 0. The van der Waals surface area contributed by atoms with Crippen LogP contribution in [0.1, 0.15) is 65.2 Å². The van der Waals surface area contributed by atoms with Crippen LogP contribution in [0, 0.1) is 5.92 Å². The van der Waals surface area contributed by atoms with Gasteiger partial charge in [-0.2, -0.15) is 13.2 Å². The highest BCUT2D eigenvalue weighted by Crippen LogP contribution is 2.27. The first-order chi connectivity index (χ1) is 8.40. The van der Waals surface area contributed by atoms with Crippen molar-refractivity contribution < 1.29 is 13.2 Å². The second-order valence-electron chi connectivity index (χ2n) is 5.71. The normalized spacial score (nSPS) is 27.2. The highest BCUT2D eigenvalue weighted by molar-refractivity contribution is 4.79. The van der Waals surface area contributed by atoms with Crippen molar-refractivity contribution in [2.45, 2.75) is 83.5 Å². The van der Waals surface area contributed by atoms with Crippen molar-refractivity contribution in [1.82, 2.24) is 5.32 Å². The molecule has 0 aromatic rings. The summed E-state index contributed by atoms with van der Waals surface area (Å²) in [6, 6.07) is 0.720. The predicted molar refractivity (Wildman–Crippen MR) is 68.5 cm³/mol. The van der Waals surface area contributed by atoms with E-state index in [2.05, 4.69) is 12.2 Å². The number of alkyl halides is 3. The summed E-state index contributed by atoms with van der Waals surface area (Å²) < 4.78 is 36.1. The van der Waals surface area contributed by atoms with Crippen LogP contribution in [0.3, 0.4) is 0 Å². The molecule has 1 aliphatic rings. The van der Waals surface area contributed by atoms with Gasteiger partial charge in [0.1, 0.15) is 0 Å². The SMILES string of the molecule is CCC1CCCC(NC(C)CCCC(F)(F)F)C1. The predicted octanol–water partition coefficient (Wildman–Crippen LogP) is 4.67. The number of rotatable bonds is 6. The Labute approximate surface area is 109 Å². The molecule has 0 aromatic heterocycles. The number of nitrogens with one attached hydrogen (secondary N) is 1. The van der Waals surface area contributed by atoms with Crippen LogP contribution >= 0.6 is 0 Å². The van der Waals surface area contributed by atoms with Crippen molar-refractivity contribution in [3.05, 3.63) is 0 Å². The minimum Gasteiger partial charge on any atom is -0.311 e. The van der Waals surface area contributed by atoms with Crippen molar-refractivity contribution in [1.29, 1.82) is 0 Å². The Hall–Kier alpha value is -0.250. The smallest absolute Gasteiger partial charge is 0.311 e. The molecule has 1 N–H and O–H groups in total. The van der Waals surface area contributed by atoms with E-state index in [9.17, 15) is 13.2 Å². The molecule has 0 saturated heterocycles. The largest absolute Gasteiger partial charge is 0.389 e. The van der Waals surface area contributed by atoms with Gasteiger partial charge in [-0.25, -0.2) is 0 Å². The van der Waals surface area contributed by atoms with E-state index >= 15 is 0 Å². The molecule has 108 valence electrons. The number of hydrogen-bond donors (Lipinski definition) is 1. The van der Waals surface area contributed by atoms with Crippen molar-refractivity contribution in [3.8, 4) is 0 Å². The molecule has 1 saturated carbocycles. The first-order valence-corrected chi connectivity index (χ1v) is 7.23. The monoisotopic (exact) mass is 265 g/mol. The Bertz CT molecular complexity index is 228. The van der Waals surface area contributed by atoms with Crippen LogP contribution in [0.4, 0.5) is 13.2 Å². The van der Waals surface area contributed by atoms with Gasteiger partial charge in [0.2, 0.25) is 0 Å². The molecule has 3 atom stereocenters. The standard InChI is InChI=1S/C14H26F3N/c1-3-12-7-4-8-13(10-12)18-11(2)6-5-9-14(15,16)17/h11-13,18H,3-10H2,1-2H3. The first-order valence-electron chi connectivity index (χ1n) is 7.23. The fourth-order valence-corrected chi connectivity index (χ4v) is 2.91. The molecule has 1 nitrogen and oxygen atoms in total. The summed E-state index contributed by atoms with van der Waals surface area (Å²) in [4.78, 5) is 0. The van der Waals surface area contributed by atoms with Gasteiger partial charge in [-0.3, -0.25) is 0 Å². The molecule has 0 amide bonds. The van der Waals surface area contributed by atoms with Crippen LogP contribution < -0.4 is 5.32 Å². The first kappa shape index (κ1) is 15.8. The highest BCUT2D eigenvalue weighted by atomic mass is 19.4. The summed E-state index contributed by atoms with van der Waals surface area (Å²) >= 11 is 0. The van der Waals surface area contributed by atoms with Gasteiger partial charge >= 0.3 is 6.18 Å². The summed E-state index contributed by atoms with van der Waals surface area (Å²) in [6.45, 7) is 4.23. The lowest BCUT2D eigenvalue weighted by Gasteiger charge is -2.31. The fraction of sp³-hybridized carbons (Fsp3) is 1.00. The zero-order valence-electron chi connectivity index (χ0n) is 11.5. The minimum atomic E-state index is -4.00.